The van der Waals surface area contributed by atoms with Crippen molar-refractivity contribution in [3.63, 3.8) is 0 Å². The number of likely N-dealkylation sites (N-methyl/N-ethyl adjacent to an activating group) is 1. The molecule has 0 saturated carbocycles. The lowest BCUT2D eigenvalue weighted by Gasteiger charge is -2.49. The van der Waals surface area contributed by atoms with Crippen LogP contribution in [0.5, 0.6) is 0 Å². The van der Waals surface area contributed by atoms with Crippen molar-refractivity contribution in [2.45, 2.75) is 74.6 Å². The summed E-state index contributed by atoms with van der Waals surface area (Å²) >= 11 is 2.64. The fraction of sp³-hybridized carbons (Fsp3) is 0.533. The van der Waals surface area contributed by atoms with Crippen LogP contribution in [0.15, 0.2) is 40.7 Å². The maximum atomic E-state index is 13.1. The van der Waals surface area contributed by atoms with Crippen LogP contribution < -0.4 is 10.6 Å². The number of carboxylic acid groups (broad SMARTS) is 2. The van der Waals surface area contributed by atoms with E-state index in [2.05, 4.69) is 26.2 Å². The maximum Gasteiger partial charge on any atom is 0.352 e. The summed E-state index contributed by atoms with van der Waals surface area (Å²) in [4.78, 5) is 65.7. The lowest BCUT2D eigenvalue weighted by Crippen LogP contribution is -2.70. The minimum atomic E-state index is -1.23. The van der Waals surface area contributed by atoms with Gasteiger partial charge in [-0.25, -0.2) is 14.3 Å². The lowest BCUT2D eigenvalue weighted by molar-refractivity contribution is -0.150. The standard InChI is InChI=1S/C30H40N8O7S2/c1-30(2,3)19-11-9-17(10-12-19)24(40)31-20(27(42)43)7-6-8-21(39)32-22-25(41)38-23(28(44)45)18(15-46-26(22)38)16-47-29-33-34-35-37(29)14-13-36(4)5/h9-12,20,22,26H,6-8,13-16H2,1-5H3,(H,31,40)(H,32,39)(H,42,43)(H,44,45)/t20?,22-,26+/m1/s1. The number of fused-ring (bicyclic) bond motifs is 1. The number of rotatable bonds is 15. The van der Waals surface area contributed by atoms with Crippen LogP contribution >= 0.6 is 23.5 Å². The van der Waals surface area contributed by atoms with Gasteiger partial charge in [0.15, 0.2) is 0 Å². The van der Waals surface area contributed by atoms with Gasteiger partial charge in [-0.05, 0) is 66.0 Å². The predicted molar refractivity (Wildman–Crippen MR) is 175 cm³/mol. The van der Waals surface area contributed by atoms with Crippen LogP contribution in [0.25, 0.3) is 0 Å². The Labute approximate surface area is 280 Å². The molecule has 254 valence electrons. The molecular formula is C30H40N8O7S2. The van der Waals surface area contributed by atoms with E-state index in [1.54, 1.807) is 16.8 Å². The molecule has 3 heterocycles. The van der Waals surface area contributed by atoms with Gasteiger partial charge in [0, 0.05) is 30.0 Å². The maximum absolute atomic E-state index is 13.1. The molecule has 1 aromatic heterocycles. The zero-order valence-corrected chi connectivity index (χ0v) is 28.6. The Morgan fingerprint density at radius 2 is 1.85 bits per heavy atom. The molecule has 0 aliphatic carbocycles. The van der Waals surface area contributed by atoms with Gasteiger partial charge >= 0.3 is 11.9 Å². The topological polar surface area (TPSA) is 200 Å². The first-order chi connectivity index (χ1) is 22.2. The van der Waals surface area contributed by atoms with Crippen LogP contribution in [-0.4, -0.2) is 119 Å². The fourth-order valence-electron chi connectivity index (χ4n) is 5.01. The van der Waals surface area contributed by atoms with Crippen LogP contribution in [0, 0.1) is 0 Å². The van der Waals surface area contributed by atoms with Crippen molar-refractivity contribution in [1.29, 1.82) is 0 Å². The highest BCUT2D eigenvalue weighted by Crippen LogP contribution is 2.41. The summed E-state index contributed by atoms with van der Waals surface area (Å²) in [5.74, 6) is -3.37. The minimum absolute atomic E-state index is 0.00281. The second-order valence-corrected chi connectivity index (χ2v) is 14.6. The molecular weight excluding hydrogens is 649 g/mol. The molecule has 17 heteroatoms. The molecule has 47 heavy (non-hydrogen) atoms. The number of thioether (sulfide) groups is 2. The van der Waals surface area contributed by atoms with Crippen LogP contribution in [0.1, 0.15) is 56.0 Å². The highest BCUT2D eigenvalue weighted by atomic mass is 32.2. The summed E-state index contributed by atoms with van der Waals surface area (Å²) in [5.41, 5.74) is 1.72. The number of hydrogen-bond donors (Lipinski definition) is 4. The van der Waals surface area contributed by atoms with Gasteiger partial charge in [0.25, 0.3) is 11.8 Å². The molecule has 0 bridgehead atoms. The van der Waals surface area contributed by atoms with E-state index in [1.807, 2.05) is 51.9 Å². The second kappa shape index (κ2) is 15.3. The molecule has 3 amide bonds. The van der Waals surface area contributed by atoms with E-state index >= 15 is 0 Å². The molecule has 3 atom stereocenters. The molecule has 15 nitrogen and oxygen atoms in total. The zero-order valence-electron chi connectivity index (χ0n) is 26.9. The van der Waals surface area contributed by atoms with E-state index in [-0.39, 0.29) is 36.1 Å². The number of nitrogens with one attached hydrogen (secondary N) is 2. The number of aromatic nitrogens is 4. The third-order valence-electron chi connectivity index (χ3n) is 7.71. The molecule has 1 fully saturated rings. The van der Waals surface area contributed by atoms with Crippen molar-refractivity contribution in [3.8, 4) is 0 Å². The van der Waals surface area contributed by atoms with Crippen LogP contribution in [-0.2, 0) is 31.1 Å². The van der Waals surface area contributed by atoms with Gasteiger partial charge < -0.3 is 25.7 Å². The number of carbonyl (C=O) groups is 5. The molecule has 0 spiro atoms. The number of tetrazole rings is 1. The first kappa shape index (κ1) is 35.9. The zero-order chi connectivity index (χ0) is 34.5. The van der Waals surface area contributed by atoms with Gasteiger partial charge in [-0.15, -0.1) is 16.9 Å². The van der Waals surface area contributed by atoms with Crippen molar-refractivity contribution >= 4 is 53.2 Å². The number of amides is 3. The summed E-state index contributed by atoms with van der Waals surface area (Å²) in [7, 11) is 3.86. The number of benzene rings is 1. The highest BCUT2D eigenvalue weighted by Gasteiger charge is 2.54. The summed E-state index contributed by atoms with van der Waals surface area (Å²) in [5, 5.41) is 36.5. The quantitative estimate of drug-likeness (QED) is 0.155. The molecule has 0 radical (unpaired) electrons. The minimum Gasteiger partial charge on any atom is -0.480 e. The predicted octanol–water partition coefficient (Wildman–Crippen LogP) is 1.42. The van der Waals surface area contributed by atoms with Crippen LogP contribution in [0.4, 0.5) is 0 Å². The molecule has 1 aromatic carbocycles. The smallest absolute Gasteiger partial charge is 0.352 e. The Kier molecular flexibility index (Phi) is 11.7. The highest BCUT2D eigenvalue weighted by molar-refractivity contribution is 8.01. The SMILES string of the molecule is CN(C)CCn1nnnc1SCC1=C(C(=O)O)N2C(=O)[C@@H](NC(=O)CCCC(NC(=O)c3ccc(C(C)(C)C)cc3)C(=O)O)[C@@H]2SC1. The Bertz CT molecular complexity index is 1540. The Hall–Kier alpha value is -3.96. The van der Waals surface area contributed by atoms with Gasteiger partial charge in [-0.3, -0.25) is 19.3 Å². The molecule has 4 rings (SSSR count). The van der Waals surface area contributed by atoms with Gasteiger partial charge in [-0.1, -0.05) is 44.7 Å². The number of nitrogens with zero attached hydrogens (tertiary/aromatic N) is 6. The van der Waals surface area contributed by atoms with Crippen molar-refractivity contribution in [2.75, 3.05) is 32.1 Å². The number of β-lactam (4-membered cyclic amide) rings is 1. The Morgan fingerprint density at radius 1 is 1.15 bits per heavy atom. The van der Waals surface area contributed by atoms with E-state index in [1.165, 1.54) is 28.4 Å². The van der Waals surface area contributed by atoms with E-state index in [0.717, 1.165) is 12.1 Å². The first-order valence-electron chi connectivity index (χ1n) is 15.0. The summed E-state index contributed by atoms with van der Waals surface area (Å²) in [6.45, 7) is 7.43. The number of aliphatic carboxylic acids is 2. The lowest BCUT2D eigenvalue weighted by atomic mass is 9.86. The fourth-order valence-corrected chi connectivity index (χ4v) is 7.40. The summed E-state index contributed by atoms with van der Waals surface area (Å²) in [6, 6.07) is 4.85. The Morgan fingerprint density at radius 3 is 2.47 bits per heavy atom. The van der Waals surface area contributed by atoms with Crippen molar-refractivity contribution in [1.82, 2.24) is 40.6 Å². The Balaban J connectivity index is 1.28. The van der Waals surface area contributed by atoms with Gasteiger partial charge in [0.05, 0.1) is 6.54 Å². The average molecular weight is 689 g/mol. The largest absolute Gasteiger partial charge is 0.480 e. The third kappa shape index (κ3) is 8.90. The molecule has 2 aliphatic rings. The number of hydrogen-bond acceptors (Lipinski definition) is 11. The average Bonchev–Trinajstić information content (AvgIpc) is 3.47. The van der Waals surface area contributed by atoms with Crippen molar-refractivity contribution in [2.24, 2.45) is 0 Å². The first-order valence-corrected chi connectivity index (χ1v) is 17.1. The number of carbonyl (C=O) groups excluding carboxylic acids is 3. The van der Waals surface area contributed by atoms with Crippen molar-refractivity contribution in [3.05, 3.63) is 46.7 Å². The van der Waals surface area contributed by atoms with Crippen LogP contribution in [0.2, 0.25) is 0 Å². The molecule has 2 aliphatic heterocycles. The van der Waals surface area contributed by atoms with Crippen molar-refractivity contribution < 1.29 is 34.2 Å². The van der Waals surface area contributed by atoms with Gasteiger partial charge in [0.1, 0.15) is 23.2 Å². The third-order valence-corrected chi connectivity index (χ3v) is 10.1. The number of carboxylic acids is 2. The van der Waals surface area contributed by atoms with Gasteiger partial charge in [-0.2, -0.15) is 0 Å². The monoisotopic (exact) mass is 688 g/mol. The second-order valence-electron chi connectivity index (χ2n) is 12.6. The normalized spacial score (nSPS) is 18.4. The van der Waals surface area contributed by atoms with E-state index in [9.17, 15) is 34.2 Å². The van der Waals surface area contributed by atoms with Crippen LogP contribution in [0.3, 0.4) is 0 Å². The molecule has 1 unspecified atom stereocenters. The molecule has 1 saturated heterocycles. The summed E-state index contributed by atoms with van der Waals surface area (Å²) < 4.78 is 1.64. The molecule has 4 N–H and O–H groups in total. The van der Waals surface area contributed by atoms with E-state index in [4.69, 9.17) is 0 Å². The van der Waals surface area contributed by atoms with Gasteiger partial charge in [0.2, 0.25) is 11.1 Å². The molecule has 2 aromatic rings. The summed E-state index contributed by atoms with van der Waals surface area (Å²) in [6.07, 6.45) is 0.0696. The van der Waals surface area contributed by atoms with E-state index in [0.29, 0.717) is 28.6 Å². The van der Waals surface area contributed by atoms with E-state index < -0.39 is 47.1 Å².